The van der Waals surface area contributed by atoms with E-state index in [0.29, 0.717) is 29.1 Å². The standard InChI is InChI=1S/C31H25F2NO3/c1-4-36-30-19(3)31-25(26(17-37-31)22-10-9-20-7-5-6-8-21(20)14-22)16-24(30)18(2)13-29(35)34-28-15-23(32)11-12-27(28)33/h5-17H,4H2,1-3H3,(H,34,35)/b18-13+. The Balaban J connectivity index is 1.59. The van der Waals surface area contributed by atoms with Gasteiger partial charge in [0.2, 0.25) is 5.91 Å². The molecule has 6 heteroatoms. The fraction of sp³-hybridized carbons (Fsp3) is 0.129. The molecule has 0 spiro atoms. The van der Waals surface area contributed by atoms with E-state index in [9.17, 15) is 13.6 Å². The Hall–Kier alpha value is -4.45. The summed E-state index contributed by atoms with van der Waals surface area (Å²) in [7, 11) is 0. The smallest absolute Gasteiger partial charge is 0.248 e. The molecule has 4 aromatic carbocycles. The van der Waals surface area contributed by atoms with Gasteiger partial charge in [0.15, 0.2) is 0 Å². The Kier molecular flexibility index (Phi) is 6.49. The van der Waals surface area contributed by atoms with Crippen molar-refractivity contribution in [2.24, 2.45) is 0 Å². The molecule has 1 N–H and O–H groups in total. The van der Waals surface area contributed by atoms with Gasteiger partial charge in [-0.25, -0.2) is 8.78 Å². The van der Waals surface area contributed by atoms with Gasteiger partial charge in [0, 0.05) is 34.2 Å². The van der Waals surface area contributed by atoms with Crippen molar-refractivity contribution >= 4 is 38.9 Å². The van der Waals surface area contributed by atoms with E-state index in [1.54, 1.807) is 13.2 Å². The number of rotatable bonds is 6. The van der Waals surface area contributed by atoms with Gasteiger partial charge < -0.3 is 14.5 Å². The number of amides is 1. The molecule has 1 heterocycles. The van der Waals surface area contributed by atoms with Crippen LogP contribution < -0.4 is 10.1 Å². The number of carbonyl (C=O) groups excluding carboxylic acids is 1. The van der Waals surface area contributed by atoms with Crippen molar-refractivity contribution in [3.05, 3.63) is 102 Å². The number of hydrogen-bond acceptors (Lipinski definition) is 3. The van der Waals surface area contributed by atoms with Crippen LogP contribution in [-0.4, -0.2) is 12.5 Å². The number of allylic oxidation sites excluding steroid dienone is 1. The van der Waals surface area contributed by atoms with E-state index in [2.05, 4.69) is 35.6 Å². The quantitative estimate of drug-likeness (QED) is 0.240. The fourth-order valence-corrected chi connectivity index (χ4v) is 4.56. The van der Waals surface area contributed by atoms with Crippen molar-refractivity contribution in [1.82, 2.24) is 0 Å². The Morgan fingerprint density at radius 2 is 1.81 bits per heavy atom. The lowest BCUT2D eigenvalue weighted by atomic mass is 9.95. The highest BCUT2D eigenvalue weighted by molar-refractivity contribution is 6.06. The van der Waals surface area contributed by atoms with Crippen molar-refractivity contribution in [1.29, 1.82) is 0 Å². The largest absolute Gasteiger partial charge is 0.493 e. The van der Waals surface area contributed by atoms with Crippen LogP contribution in [0.25, 0.3) is 38.4 Å². The average molecular weight is 498 g/mol. The summed E-state index contributed by atoms with van der Waals surface area (Å²) in [6, 6.07) is 19.3. The van der Waals surface area contributed by atoms with Crippen LogP contribution in [0.15, 0.2) is 83.5 Å². The third-order valence-corrected chi connectivity index (χ3v) is 6.35. The summed E-state index contributed by atoms with van der Waals surface area (Å²) in [6.07, 6.45) is 3.09. The fourth-order valence-electron chi connectivity index (χ4n) is 4.56. The summed E-state index contributed by atoms with van der Waals surface area (Å²) >= 11 is 0. The topological polar surface area (TPSA) is 51.5 Å². The molecule has 0 atom stereocenters. The highest BCUT2D eigenvalue weighted by Gasteiger charge is 2.19. The van der Waals surface area contributed by atoms with Crippen LogP contribution >= 0.6 is 0 Å². The molecule has 37 heavy (non-hydrogen) atoms. The van der Waals surface area contributed by atoms with Gasteiger partial charge in [0.05, 0.1) is 18.6 Å². The van der Waals surface area contributed by atoms with Gasteiger partial charge in [-0.05, 0) is 66.9 Å². The maximum absolute atomic E-state index is 14.0. The lowest BCUT2D eigenvalue weighted by Crippen LogP contribution is -2.10. The van der Waals surface area contributed by atoms with Crippen molar-refractivity contribution < 1.29 is 22.7 Å². The number of furan rings is 1. The number of aryl methyl sites for hydroxylation is 1. The molecule has 186 valence electrons. The molecule has 0 saturated heterocycles. The molecule has 4 nitrogen and oxygen atoms in total. The predicted molar refractivity (Wildman–Crippen MR) is 144 cm³/mol. The second-order valence-corrected chi connectivity index (χ2v) is 8.84. The monoisotopic (exact) mass is 497 g/mol. The molecule has 5 rings (SSSR count). The van der Waals surface area contributed by atoms with Gasteiger partial charge in [0.25, 0.3) is 0 Å². The van der Waals surface area contributed by atoms with Crippen molar-refractivity contribution in [3.63, 3.8) is 0 Å². The van der Waals surface area contributed by atoms with E-state index < -0.39 is 17.5 Å². The van der Waals surface area contributed by atoms with E-state index in [4.69, 9.17) is 9.15 Å². The Morgan fingerprint density at radius 3 is 2.59 bits per heavy atom. The molecule has 0 aliphatic rings. The van der Waals surface area contributed by atoms with Crippen LogP contribution in [0.3, 0.4) is 0 Å². The molecule has 1 amide bonds. The van der Waals surface area contributed by atoms with Crippen molar-refractivity contribution in [2.45, 2.75) is 20.8 Å². The maximum atomic E-state index is 14.0. The lowest BCUT2D eigenvalue weighted by molar-refractivity contribution is -0.111. The van der Waals surface area contributed by atoms with Crippen LogP contribution in [-0.2, 0) is 4.79 Å². The first-order chi connectivity index (χ1) is 17.9. The summed E-state index contributed by atoms with van der Waals surface area (Å²) in [5.41, 5.74) is 4.54. The third-order valence-electron chi connectivity index (χ3n) is 6.35. The second kappa shape index (κ2) is 9.90. The summed E-state index contributed by atoms with van der Waals surface area (Å²) < 4.78 is 39.5. The van der Waals surface area contributed by atoms with Crippen molar-refractivity contribution in [2.75, 3.05) is 11.9 Å². The molecule has 0 unspecified atom stereocenters. The summed E-state index contributed by atoms with van der Waals surface area (Å²) in [4.78, 5) is 12.7. The minimum absolute atomic E-state index is 0.223. The third kappa shape index (κ3) is 4.70. The number of hydrogen-bond donors (Lipinski definition) is 1. The molecule has 0 saturated carbocycles. The first-order valence-electron chi connectivity index (χ1n) is 12.0. The van der Waals surface area contributed by atoms with Gasteiger partial charge in [-0.15, -0.1) is 0 Å². The van der Waals surface area contributed by atoms with E-state index >= 15 is 0 Å². The van der Waals surface area contributed by atoms with Gasteiger partial charge in [-0.2, -0.15) is 0 Å². The van der Waals surface area contributed by atoms with Crippen molar-refractivity contribution in [3.8, 4) is 16.9 Å². The minimum Gasteiger partial charge on any atom is -0.493 e. The molecule has 0 radical (unpaired) electrons. The highest BCUT2D eigenvalue weighted by atomic mass is 19.1. The Labute approximate surface area is 213 Å². The van der Waals surface area contributed by atoms with E-state index in [-0.39, 0.29) is 5.69 Å². The van der Waals surface area contributed by atoms with Crippen LogP contribution in [0, 0.1) is 18.6 Å². The molecule has 5 aromatic rings. The van der Waals surface area contributed by atoms with E-state index in [1.165, 1.54) is 6.08 Å². The summed E-state index contributed by atoms with van der Waals surface area (Å²) in [5.74, 6) is -1.33. The van der Waals surface area contributed by atoms with Crippen LogP contribution in [0.1, 0.15) is 25.0 Å². The number of halogens is 2. The lowest BCUT2D eigenvalue weighted by Gasteiger charge is -2.15. The molecule has 1 aromatic heterocycles. The maximum Gasteiger partial charge on any atom is 0.248 e. The van der Waals surface area contributed by atoms with Crippen LogP contribution in [0.5, 0.6) is 5.75 Å². The molecular formula is C31H25F2NO3. The number of anilines is 1. The first kappa shape index (κ1) is 24.3. The van der Waals surface area contributed by atoms with Crippen LogP contribution in [0.2, 0.25) is 0 Å². The van der Waals surface area contributed by atoms with Gasteiger partial charge >= 0.3 is 0 Å². The summed E-state index contributed by atoms with van der Waals surface area (Å²) in [5, 5.41) is 5.57. The normalized spacial score (nSPS) is 11.8. The molecule has 0 aliphatic carbocycles. The SMILES string of the molecule is CCOc1c(/C(C)=C/C(=O)Nc2cc(F)ccc2F)cc2c(-c3ccc4ccccc4c3)coc2c1C. The zero-order chi connectivity index (χ0) is 26.1. The van der Waals surface area contributed by atoms with Gasteiger partial charge in [0.1, 0.15) is 23.0 Å². The van der Waals surface area contributed by atoms with Crippen LogP contribution in [0.4, 0.5) is 14.5 Å². The molecule has 0 fully saturated rings. The zero-order valence-corrected chi connectivity index (χ0v) is 20.7. The zero-order valence-electron chi connectivity index (χ0n) is 20.7. The summed E-state index contributed by atoms with van der Waals surface area (Å²) in [6.45, 7) is 6.00. The Morgan fingerprint density at radius 1 is 1.03 bits per heavy atom. The number of ether oxygens (including phenoxy) is 1. The average Bonchev–Trinajstić information content (AvgIpc) is 3.32. The van der Waals surface area contributed by atoms with E-state index in [1.807, 2.05) is 32.0 Å². The number of benzene rings is 4. The number of fused-ring (bicyclic) bond motifs is 2. The highest BCUT2D eigenvalue weighted by Crippen LogP contribution is 2.41. The number of nitrogens with one attached hydrogen (secondary N) is 1. The van der Waals surface area contributed by atoms with Gasteiger partial charge in [-0.1, -0.05) is 36.4 Å². The van der Waals surface area contributed by atoms with E-state index in [0.717, 1.165) is 51.0 Å². The minimum atomic E-state index is -0.716. The number of carbonyl (C=O) groups is 1. The Bertz CT molecular complexity index is 1680. The molecular weight excluding hydrogens is 472 g/mol. The van der Waals surface area contributed by atoms with Gasteiger partial charge in [-0.3, -0.25) is 4.79 Å². The predicted octanol–water partition coefficient (Wildman–Crippen LogP) is 8.28. The second-order valence-electron chi connectivity index (χ2n) is 8.84. The first-order valence-corrected chi connectivity index (χ1v) is 12.0. The molecule has 0 bridgehead atoms. The molecule has 0 aliphatic heterocycles.